The maximum absolute atomic E-state index is 12.9. The van der Waals surface area contributed by atoms with Gasteiger partial charge in [0.05, 0.1) is 11.1 Å². The lowest BCUT2D eigenvalue weighted by Gasteiger charge is -2.36. The van der Waals surface area contributed by atoms with Gasteiger partial charge in [0.15, 0.2) is 0 Å². The Morgan fingerprint density at radius 2 is 1.26 bits per heavy atom. The molecule has 1 aliphatic rings. The van der Waals surface area contributed by atoms with E-state index in [1.54, 1.807) is 24.3 Å². The lowest BCUT2D eigenvalue weighted by Crippen LogP contribution is -2.35. The highest BCUT2D eigenvalue weighted by atomic mass is 16.7. The van der Waals surface area contributed by atoms with E-state index in [9.17, 15) is 19.2 Å². The Morgan fingerprint density at radius 3 is 1.87 bits per heavy atom. The summed E-state index contributed by atoms with van der Waals surface area (Å²) in [5.41, 5.74) is 2.81. The highest BCUT2D eigenvalue weighted by Crippen LogP contribution is 2.36. The Hall–Kier alpha value is -4.92. The molecular formula is C37H40O9. The van der Waals surface area contributed by atoms with Gasteiger partial charge in [-0.2, -0.15) is 0 Å². The van der Waals surface area contributed by atoms with Crippen LogP contribution in [0.5, 0.6) is 11.5 Å². The van der Waals surface area contributed by atoms with Crippen molar-refractivity contribution in [2.75, 3.05) is 13.2 Å². The summed E-state index contributed by atoms with van der Waals surface area (Å²) in [5, 5.41) is 0. The van der Waals surface area contributed by atoms with Crippen molar-refractivity contribution in [3.8, 4) is 22.6 Å². The third kappa shape index (κ3) is 9.54. The quantitative estimate of drug-likeness (QED) is 0.0523. The number of ether oxygens (including phenoxy) is 5. The summed E-state index contributed by atoms with van der Waals surface area (Å²) in [6, 6.07) is 20.1. The Morgan fingerprint density at radius 1 is 0.739 bits per heavy atom. The molecule has 9 nitrogen and oxygen atoms in total. The van der Waals surface area contributed by atoms with E-state index in [1.807, 2.05) is 24.3 Å². The number of rotatable bonds is 11. The average Bonchev–Trinajstić information content (AvgIpc) is 3.03. The van der Waals surface area contributed by atoms with Crippen molar-refractivity contribution in [3.05, 3.63) is 96.1 Å². The van der Waals surface area contributed by atoms with Crippen LogP contribution in [0.1, 0.15) is 67.7 Å². The second-order valence-corrected chi connectivity index (χ2v) is 11.9. The lowest BCUT2D eigenvalue weighted by molar-refractivity contribution is -0.140. The molecule has 0 radical (unpaired) electrons. The van der Waals surface area contributed by atoms with E-state index >= 15 is 0 Å². The molecule has 0 bridgehead atoms. The molecule has 0 amide bonds. The second kappa shape index (κ2) is 15.9. The molecule has 3 atom stereocenters. The predicted molar refractivity (Wildman–Crippen MR) is 172 cm³/mol. The molecule has 3 aromatic carbocycles. The van der Waals surface area contributed by atoms with Gasteiger partial charge < -0.3 is 23.7 Å². The molecule has 242 valence electrons. The number of carbonyl (C=O) groups is 4. The fraction of sp³-hybridized carbons (Fsp3) is 0.351. The van der Waals surface area contributed by atoms with E-state index in [0.29, 0.717) is 29.1 Å². The van der Waals surface area contributed by atoms with Crippen LogP contribution in [0.2, 0.25) is 0 Å². The Kier molecular flexibility index (Phi) is 11.7. The summed E-state index contributed by atoms with van der Waals surface area (Å²) < 4.78 is 26.2. The van der Waals surface area contributed by atoms with Crippen molar-refractivity contribution in [1.82, 2.24) is 0 Å². The normalized spacial score (nSPS) is 17.5. The highest BCUT2D eigenvalue weighted by Gasteiger charge is 2.33. The Bertz CT molecular complexity index is 1520. The van der Waals surface area contributed by atoms with E-state index in [0.717, 1.165) is 24.0 Å². The zero-order valence-corrected chi connectivity index (χ0v) is 26.7. The molecule has 3 unspecified atom stereocenters. The first-order valence-electron chi connectivity index (χ1n) is 15.4. The molecule has 1 aliphatic carbocycles. The monoisotopic (exact) mass is 628 g/mol. The molecule has 0 saturated heterocycles. The number of carbonyl (C=O) groups excluding carboxylic acids is 4. The smallest absolute Gasteiger partial charge is 0.459 e. The van der Waals surface area contributed by atoms with Crippen molar-refractivity contribution >= 4 is 24.1 Å². The van der Waals surface area contributed by atoms with Crippen molar-refractivity contribution < 1.29 is 42.9 Å². The molecule has 1 fully saturated rings. The Labute approximate surface area is 269 Å². The maximum Gasteiger partial charge on any atom is 0.513 e. The van der Waals surface area contributed by atoms with Crippen molar-refractivity contribution in [2.45, 2.75) is 53.1 Å². The summed E-state index contributed by atoms with van der Waals surface area (Å²) in [6.07, 6.45) is 2.12. The van der Waals surface area contributed by atoms with Gasteiger partial charge >= 0.3 is 24.1 Å². The zero-order valence-electron chi connectivity index (χ0n) is 26.7. The molecule has 9 heteroatoms. The van der Waals surface area contributed by atoms with Gasteiger partial charge in [-0.25, -0.2) is 19.2 Å². The fourth-order valence-corrected chi connectivity index (χ4v) is 5.30. The summed E-state index contributed by atoms with van der Waals surface area (Å²) in [7, 11) is 0. The van der Waals surface area contributed by atoms with E-state index in [2.05, 4.69) is 27.4 Å². The molecule has 4 rings (SSSR count). The first-order valence-corrected chi connectivity index (χ1v) is 15.4. The van der Waals surface area contributed by atoms with Crippen LogP contribution in [0.4, 0.5) is 4.79 Å². The first-order chi connectivity index (χ1) is 22.0. The topological polar surface area (TPSA) is 114 Å². The van der Waals surface area contributed by atoms with Gasteiger partial charge in [-0.05, 0) is 97.2 Å². The standard InChI is InChI=1S/C37H40O9/c1-23(2)32-19-6-25(5)22-33(32)46-36(40)28-9-7-26(8-10-28)27-11-15-30(16-12-27)44-35(39)29-13-17-31(18-14-29)45-37(41)43-21-20-42-34(38)24(3)4/h7-18,23,25,32-33H,3,6,19-22H2,1-2,4-5H3. The maximum atomic E-state index is 12.9. The zero-order chi connectivity index (χ0) is 33.2. The highest BCUT2D eigenvalue weighted by molar-refractivity contribution is 5.91. The second-order valence-electron chi connectivity index (χ2n) is 11.9. The minimum Gasteiger partial charge on any atom is -0.459 e. The van der Waals surface area contributed by atoms with Crippen LogP contribution in [0.25, 0.3) is 11.1 Å². The van der Waals surface area contributed by atoms with E-state index in [1.165, 1.54) is 37.6 Å². The largest absolute Gasteiger partial charge is 0.513 e. The van der Waals surface area contributed by atoms with Crippen LogP contribution in [-0.2, 0) is 19.0 Å². The van der Waals surface area contributed by atoms with Gasteiger partial charge in [-0.1, -0.05) is 58.0 Å². The number of esters is 3. The average molecular weight is 629 g/mol. The minimum absolute atomic E-state index is 0.0565. The Balaban J connectivity index is 1.26. The number of hydrogen-bond acceptors (Lipinski definition) is 9. The van der Waals surface area contributed by atoms with E-state index in [-0.39, 0.29) is 42.2 Å². The van der Waals surface area contributed by atoms with Gasteiger partial charge in [-0.3, -0.25) is 0 Å². The van der Waals surface area contributed by atoms with Crippen LogP contribution in [0.15, 0.2) is 84.9 Å². The van der Waals surface area contributed by atoms with Crippen LogP contribution >= 0.6 is 0 Å². The molecule has 0 spiro atoms. The van der Waals surface area contributed by atoms with E-state index in [4.69, 9.17) is 23.7 Å². The van der Waals surface area contributed by atoms with Gasteiger partial charge in [0.25, 0.3) is 0 Å². The van der Waals surface area contributed by atoms with E-state index < -0.39 is 18.1 Å². The van der Waals surface area contributed by atoms with Gasteiger partial charge in [0.1, 0.15) is 30.8 Å². The van der Waals surface area contributed by atoms with Crippen LogP contribution < -0.4 is 9.47 Å². The van der Waals surface area contributed by atoms with Crippen molar-refractivity contribution in [3.63, 3.8) is 0 Å². The van der Waals surface area contributed by atoms with Gasteiger partial charge in [-0.15, -0.1) is 0 Å². The van der Waals surface area contributed by atoms with Crippen molar-refractivity contribution in [2.24, 2.45) is 17.8 Å². The van der Waals surface area contributed by atoms with Crippen LogP contribution in [-0.4, -0.2) is 43.4 Å². The third-order valence-corrected chi connectivity index (χ3v) is 7.91. The molecule has 46 heavy (non-hydrogen) atoms. The number of benzene rings is 3. The lowest BCUT2D eigenvalue weighted by atomic mass is 9.75. The summed E-state index contributed by atoms with van der Waals surface area (Å²) >= 11 is 0. The predicted octanol–water partition coefficient (Wildman–Crippen LogP) is 7.83. The fourth-order valence-electron chi connectivity index (χ4n) is 5.30. The van der Waals surface area contributed by atoms with Crippen molar-refractivity contribution in [1.29, 1.82) is 0 Å². The molecule has 0 aromatic heterocycles. The molecule has 3 aromatic rings. The molecular weight excluding hydrogens is 588 g/mol. The van der Waals surface area contributed by atoms with Gasteiger partial charge in [0, 0.05) is 5.57 Å². The van der Waals surface area contributed by atoms with Crippen LogP contribution in [0.3, 0.4) is 0 Å². The molecule has 0 aliphatic heterocycles. The first kappa shape index (κ1) is 34.0. The molecule has 1 saturated carbocycles. The summed E-state index contributed by atoms with van der Waals surface area (Å²) in [4.78, 5) is 48.7. The molecule has 0 heterocycles. The third-order valence-electron chi connectivity index (χ3n) is 7.91. The summed E-state index contributed by atoms with van der Waals surface area (Å²) in [6.45, 7) is 11.3. The SMILES string of the molecule is C=C(C)C(=O)OCCOC(=O)Oc1ccc(C(=O)Oc2ccc(-c3ccc(C(=O)OC4CC(C)CCC4C(C)C)cc3)cc2)cc1. The van der Waals surface area contributed by atoms with Gasteiger partial charge in [0.2, 0.25) is 0 Å². The summed E-state index contributed by atoms with van der Waals surface area (Å²) in [5.74, 6) is 0.453. The van der Waals surface area contributed by atoms with Crippen LogP contribution in [0, 0.1) is 17.8 Å². The number of hydrogen-bond donors (Lipinski definition) is 0. The molecule has 0 N–H and O–H groups in total. The minimum atomic E-state index is -0.981.